The highest BCUT2D eigenvalue weighted by Crippen LogP contribution is 2.36. The molecule has 0 bridgehead atoms. The van der Waals surface area contributed by atoms with Gasteiger partial charge >= 0.3 is 0 Å². The van der Waals surface area contributed by atoms with Gasteiger partial charge in [0.25, 0.3) is 0 Å². The summed E-state index contributed by atoms with van der Waals surface area (Å²) in [5.74, 6) is 2.20. The van der Waals surface area contributed by atoms with Gasteiger partial charge in [0.15, 0.2) is 5.82 Å². The molecule has 2 rings (SSSR count). The number of aliphatic hydroxyl groups excluding tert-OH is 1. The van der Waals surface area contributed by atoms with Crippen LogP contribution in [0.1, 0.15) is 49.2 Å². The van der Waals surface area contributed by atoms with Crippen LogP contribution in [0.2, 0.25) is 0 Å². The van der Waals surface area contributed by atoms with Crippen molar-refractivity contribution in [1.82, 2.24) is 10.1 Å². The Morgan fingerprint density at radius 3 is 3.00 bits per heavy atom. The quantitative estimate of drug-likeness (QED) is 0.835. The number of rotatable bonds is 3. The van der Waals surface area contributed by atoms with Crippen LogP contribution in [0.15, 0.2) is 4.52 Å². The first-order chi connectivity index (χ1) is 7.68. The molecule has 0 spiro atoms. The number of nitrogens with two attached hydrogens (primary N) is 1. The van der Waals surface area contributed by atoms with Crippen LogP contribution in [0.4, 0.5) is 0 Å². The molecule has 3 N–H and O–H groups in total. The fraction of sp³-hybridized carbons (Fsp3) is 0.800. The van der Waals surface area contributed by atoms with Gasteiger partial charge in [-0.25, -0.2) is 0 Å². The molecule has 5 nitrogen and oxygen atoms in total. The molecular weight excluding hydrogens is 226 g/mol. The molecule has 1 saturated heterocycles. The number of hydrogen-bond donors (Lipinski definition) is 2. The lowest BCUT2D eigenvalue weighted by atomic mass is 10.2. The van der Waals surface area contributed by atoms with Gasteiger partial charge in [-0.3, -0.25) is 0 Å². The van der Waals surface area contributed by atoms with Crippen LogP contribution in [-0.2, 0) is 0 Å². The zero-order chi connectivity index (χ0) is 11.5. The normalized spacial score (nSPS) is 25.3. The van der Waals surface area contributed by atoms with Gasteiger partial charge in [-0.2, -0.15) is 16.7 Å². The molecular formula is C10H17N3O2S. The molecule has 90 valence electrons. The number of aromatic nitrogens is 2. The van der Waals surface area contributed by atoms with Crippen molar-refractivity contribution < 1.29 is 9.63 Å². The van der Waals surface area contributed by atoms with E-state index in [1.54, 1.807) is 6.92 Å². The van der Waals surface area contributed by atoms with Crippen LogP contribution in [0.5, 0.6) is 0 Å². The Morgan fingerprint density at radius 1 is 1.56 bits per heavy atom. The second-order valence-electron chi connectivity index (χ2n) is 4.11. The van der Waals surface area contributed by atoms with Gasteiger partial charge in [0, 0.05) is 0 Å². The first-order valence-corrected chi connectivity index (χ1v) is 6.62. The maximum atomic E-state index is 9.34. The van der Waals surface area contributed by atoms with Crippen molar-refractivity contribution in [2.75, 3.05) is 5.75 Å². The fourth-order valence-electron chi connectivity index (χ4n) is 1.66. The molecule has 1 aliphatic heterocycles. The van der Waals surface area contributed by atoms with Crippen LogP contribution in [0, 0.1) is 0 Å². The highest BCUT2D eigenvalue weighted by molar-refractivity contribution is 7.99. The molecule has 16 heavy (non-hydrogen) atoms. The fourth-order valence-corrected chi connectivity index (χ4v) is 2.90. The number of hydrogen-bond acceptors (Lipinski definition) is 6. The van der Waals surface area contributed by atoms with Gasteiger partial charge in [-0.1, -0.05) is 11.6 Å². The van der Waals surface area contributed by atoms with Crippen LogP contribution in [0.3, 0.4) is 0 Å². The predicted molar refractivity (Wildman–Crippen MR) is 62.0 cm³/mol. The summed E-state index contributed by atoms with van der Waals surface area (Å²) in [5.41, 5.74) is 5.73. The van der Waals surface area contributed by atoms with E-state index in [4.69, 9.17) is 10.3 Å². The van der Waals surface area contributed by atoms with E-state index in [0.29, 0.717) is 11.1 Å². The SMILES string of the molecule is C[C@@H](O)[C@H](N)c1nc(C2CCCCS2)no1. The van der Waals surface area contributed by atoms with Gasteiger partial charge in [-0.15, -0.1) is 0 Å². The molecule has 0 saturated carbocycles. The molecule has 0 aliphatic carbocycles. The van der Waals surface area contributed by atoms with E-state index < -0.39 is 12.1 Å². The minimum Gasteiger partial charge on any atom is -0.391 e. The summed E-state index contributed by atoms with van der Waals surface area (Å²) < 4.78 is 5.08. The summed E-state index contributed by atoms with van der Waals surface area (Å²) in [7, 11) is 0. The van der Waals surface area contributed by atoms with Crippen molar-refractivity contribution in [3.05, 3.63) is 11.7 Å². The van der Waals surface area contributed by atoms with E-state index in [2.05, 4.69) is 10.1 Å². The zero-order valence-electron chi connectivity index (χ0n) is 9.30. The molecule has 0 amide bonds. The Bertz CT molecular complexity index is 337. The lowest BCUT2D eigenvalue weighted by Crippen LogP contribution is -2.23. The molecule has 0 aromatic carbocycles. The summed E-state index contributed by atoms with van der Waals surface area (Å²) in [5, 5.41) is 13.6. The van der Waals surface area contributed by atoms with Crippen molar-refractivity contribution >= 4 is 11.8 Å². The van der Waals surface area contributed by atoms with Gasteiger partial charge in [0.2, 0.25) is 5.89 Å². The first kappa shape index (κ1) is 11.9. The lowest BCUT2D eigenvalue weighted by molar-refractivity contribution is 0.146. The average molecular weight is 243 g/mol. The molecule has 0 radical (unpaired) electrons. The monoisotopic (exact) mass is 243 g/mol. The number of nitrogens with zero attached hydrogens (tertiary/aromatic N) is 2. The van der Waals surface area contributed by atoms with Crippen LogP contribution in [0.25, 0.3) is 0 Å². The van der Waals surface area contributed by atoms with Crippen LogP contribution >= 0.6 is 11.8 Å². The van der Waals surface area contributed by atoms with Crippen LogP contribution in [-0.4, -0.2) is 27.1 Å². The Morgan fingerprint density at radius 2 is 2.38 bits per heavy atom. The molecule has 1 aromatic rings. The standard InChI is InChI=1S/C10H17N3O2S/c1-6(14)8(11)10-12-9(13-15-10)7-4-2-3-5-16-7/h6-8,14H,2-5,11H2,1H3/t6-,7?,8+/m1/s1. The Hall–Kier alpha value is -0.590. The highest BCUT2D eigenvalue weighted by atomic mass is 32.2. The summed E-state index contributed by atoms with van der Waals surface area (Å²) in [4.78, 5) is 4.27. The third-order valence-corrected chi connectivity index (χ3v) is 4.10. The van der Waals surface area contributed by atoms with E-state index in [1.165, 1.54) is 12.8 Å². The minimum atomic E-state index is -0.674. The molecule has 6 heteroatoms. The molecule has 1 aliphatic rings. The van der Waals surface area contributed by atoms with Crippen LogP contribution < -0.4 is 5.73 Å². The van der Waals surface area contributed by atoms with Crippen molar-refractivity contribution in [2.24, 2.45) is 5.73 Å². The van der Waals surface area contributed by atoms with E-state index in [-0.39, 0.29) is 0 Å². The Balaban J connectivity index is 2.06. The molecule has 3 atom stereocenters. The maximum Gasteiger partial charge on any atom is 0.246 e. The van der Waals surface area contributed by atoms with E-state index in [0.717, 1.165) is 18.0 Å². The van der Waals surface area contributed by atoms with Gasteiger partial charge < -0.3 is 15.4 Å². The highest BCUT2D eigenvalue weighted by Gasteiger charge is 2.24. The summed E-state index contributed by atoms with van der Waals surface area (Å²) >= 11 is 1.86. The zero-order valence-corrected chi connectivity index (χ0v) is 10.1. The largest absolute Gasteiger partial charge is 0.391 e. The third-order valence-electron chi connectivity index (χ3n) is 2.73. The van der Waals surface area contributed by atoms with E-state index in [1.807, 2.05) is 11.8 Å². The Kier molecular flexibility index (Phi) is 3.83. The van der Waals surface area contributed by atoms with Crippen molar-refractivity contribution in [1.29, 1.82) is 0 Å². The number of aliphatic hydroxyl groups is 1. The predicted octanol–water partition coefficient (Wildman–Crippen LogP) is 1.41. The molecule has 2 heterocycles. The summed E-state index contributed by atoms with van der Waals surface area (Å²) in [6, 6.07) is -0.588. The summed E-state index contributed by atoms with van der Waals surface area (Å²) in [6.45, 7) is 1.61. The lowest BCUT2D eigenvalue weighted by Gasteiger charge is -2.17. The van der Waals surface area contributed by atoms with Crippen molar-refractivity contribution in [2.45, 2.75) is 43.6 Å². The van der Waals surface area contributed by atoms with Gasteiger partial charge in [0.05, 0.1) is 11.4 Å². The minimum absolute atomic E-state index is 0.326. The first-order valence-electron chi connectivity index (χ1n) is 5.57. The smallest absolute Gasteiger partial charge is 0.246 e. The van der Waals surface area contributed by atoms with E-state index in [9.17, 15) is 5.11 Å². The van der Waals surface area contributed by atoms with Gasteiger partial charge in [-0.05, 0) is 25.5 Å². The topological polar surface area (TPSA) is 85.2 Å². The third kappa shape index (κ3) is 2.56. The van der Waals surface area contributed by atoms with Crippen molar-refractivity contribution in [3.63, 3.8) is 0 Å². The van der Waals surface area contributed by atoms with E-state index >= 15 is 0 Å². The van der Waals surface area contributed by atoms with Gasteiger partial charge in [0.1, 0.15) is 6.04 Å². The molecule has 1 unspecified atom stereocenters. The van der Waals surface area contributed by atoms with Crippen molar-refractivity contribution in [3.8, 4) is 0 Å². The molecule has 1 aromatic heterocycles. The maximum absolute atomic E-state index is 9.34. The molecule has 1 fully saturated rings. The second kappa shape index (κ2) is 5.16. The average Bonchev–Trinajstić information content (AvgIpc) is 2.78. The Labute approximate surface area is 98.8 Å². The second-order valence-corrected chi connectivity index (χ2v) is 5.42. The number of thioether (sulfide) groups is 1. The summed E-state index contributed by atoms with van der Waals surface area (Å²) in [6.07, 6.45) is 2.89.